The molecular weight excluding hydrogens is 278 g/mol. The van der Waals surface area contributed by atoms with Crippen molar-refractivity contribution in [2.24, 2.45) is 0 Å². The molecule has 0 radical (unpaired) electrons. The Morgan fingerprint density at radius 1 is 1.40 bits per heavy atom. The number of aliphatic carboxylic acids is 1. The SMILES string of the molecule is COC(=O)C1=CN(/C=C/c2ccsc2)C=C(C(=O)O)C1. The van der Waals surface area contributed by atoms with E-state index in [0.29, 0.717) is 5.57 Å². The van der Waals surface area contributed by atoms with Crippen LogP contribution in [0.4, 0.5) is 0 Å². The van der Waals surface area contributed by atoms with E-state index in [4.69, 9.17) is 5.11 Å². The Hall–Kier alpha value is -2.34. The minimum atomic E-state index is -1.05. The Kier molecular flexibility index (Phi) is 4.37. The zero-order valence-electron chi connectivity index (χ0n) is 10.8. The summed E-state index contributed by atoms with van der Waals surface area (Å²) < 4.78 is 4.64. The molecular formula is C14H13NO4S. The third-order valence-electron chi connectivity index (χ3n) is 2.70. The Morgan fingerprint density at radius 2 is 2.15 bits per heavy atom. The summed E-state index contributed by atoms with van der Waals surface area (Å²) in [6.45, 7) is 0. The number of carboxylic acid groups (broad SMARTS) is 1. The third-order valence-corrected chi connectivity index (χ3v) is 3.40. The minimum absolute atomic E-state index is 0.0603. The van der Waals surface area contributed by atoms with E-state index in [2.05, 4.69) is 4.74 Å². The molecule has 104 valence electrons. The van der Waals surface area contributed by atoms with Crippen molar-refractivity contribution in [1.29, 1.82) is 0 Å². The molecule has 0 spiro atoms. The van der Waals surface area contributed by atoms with Gasteiger partial charge in [-0.05, 0) is 28.5 Å². The molecule has 0 saturated heterocycles. The summed E-state index contributed by atoms with van der Waals surface area (Å²) in [7, 11) is 1.27. The number of carbonyl (C=O) groups is 2. The molecule has 2 heterocycles. The highest BCUT2D eigenvalue weighted by Crippen LogP contribution is 2.21. The van der Waals surface area contributed by atoms with Gasteiger partial charge < -0.3 is 14.7 Å². The van der Waals surface area contributed by atoms with Gasteiger partial charge in [-0.3, -0.25) is 0 Å². The van der Waals surface area contributed by atoms with Crippen molar-refractivity contribution in [3.63, 3.8) is 0 Å². The van der Waals surface area contributed by atoms with Gasteiger partial charge in [0.15, 0.2) is 0 Å². The molecule has 0 bridgehead atoms. The topological polar surface area (TPSA) is 66.8 Å². The molecule has 0 aliphatic carbocycles. The second kappa shape index (κ2) is 6.21. The summed E-state index contributed by atoms with van der Waals surface area (Å²) in [6.07, 6.45) is 6.65. The number of carbonyl (C=O) groups excluding carboxylic acids is 1. The first-order valence-electron chi connectivity index (χ1n) is 5.81. The lowest BCUT2D eigenvalue weighted by atomic mass is 10.0. The molecule has 1 aliphatic heterocycles. The average Bonchev–Trinajstić information content (AvgIpc) is 2.97. The monoisotopic (exact) mass is 291 g/mol. The Balaban J connectivity index is 2.23. The van der Waals surface area contributed by atoms with E-state index in [-0.39, 0.29) is 12.0 Å². The van der Waals surface area contributed by atoms with Crippen LogP contribution in [0, 0.1) is 0 Å². The van der Waals surface area contributed by atoms with Crippen molar-refractivity contribution >= 4 is 29.4 Å². The minimum Gasteiger partial charge on any atom is -0.478 e. The maximum atomic E-state index is 11.6. The molecule has 5 nitrogen and oxygen atoms in total. The molecule has 0 saturated carbocycles. The van der Waals surface area contributed by atoms with Gasteiger partial charge >= 0.3 is 11.9 Å². The van der Waals surface area contributed by atoms with Crippen molar-refractivity contribution in [3.8, 4) is 0 Å². The second-order valence-electron chi connectivity index (χ2n) is 4.10. The molecule has 0 fully saturated rings. The van der Waals surface area contributed by atoms with Crippen molar-refractivity contribution < 1.29 is 19.4 Å². The molecule has 0 atom stereocenters. The van der Waals surface area contributed by atoms with E-state index in [1.54, 1.807) is 28.6 Å². The number of ether oxygens (including phenoxy) is 1. The van der Waals surface area contributed by atoms with Crippen LogP contribution in [0.25, 0.3) is 6.08 Å². The predicted molar refractivity (Wildman–Crippen MR) is 75.6 cm³/mol. The smallest absolute Gasteiger partial charge is 0.335 e. The number of thiophene rings is 1. The zero-order chi connectivity index (χ0) is 14.5. The molecule has 0 unspecified atom stereocenters. The molecule has 0 amide bonds. The van der Waals surface area contributed by atoms with Crippen molar-refractivity contribution in [3.05, 3.63) is 52.1 Å². The Labute approximate surface area is 120 Å². The van der Waals surface area contributed by atoms with Crippen LogP contribution in [0.15, 0.2) is 46.6 Å². The fourth-order valence-corrected chi connectivity index (χ4v) is 2.34. The van der Waals surface area contributed by atoms with Crippen molar-refractivity contribution in [2.75, 3.05) is 7.11 Å². The number of hydrogen-bond acceptors (Lipinski definition) is 5. The summed E-state index contributed by atoms with van der Waals surface area (Å²) in [5.41, 5.74) is 1.46. The van der Waals surface area contributed by atoms with Gasteiger partial charge in [-0.1, -0.05) is 0 Å². The van der Waals surface area contributed by atoms with Crippen molar-refractivity contribution in [2.45, 2.75) is 6.42 Å². The van der Waals surface area contributed by atoms with Crippen LogP contribution >= 0.6 is 11.3 Å². The first kappa shape index (κ1) is 14.1. The summed E-state index contributed by atoms with van der Waals surface area (Å²) in [5, 5.41) is 13.0. The summed E-state index contributed by atoms with van der Waals surface area (Å²) in [4.78, 5) is 24.2. The number of nitrogens with zero attached hydrogens (tertiary/aromatic N) is 1. The molecule has 0 aromatic carbocycles. The number of methoxy groups -OCH3 is 1. The maximum Gasteiger partial charge on any atom is 0.335 e. The second-order valence-corrected chi connectivity index (χ2v) is 4.88. The first-order valence-corrected chi connectivity index (χ1v) is 6.75. The lowest BCUT2D eigenvalue weighted by Gasteiger charge is -2.19. The standard InChI is InChI=1S/C14H13NO4S/c1-19-14(18)12-6-11(13(16)17)7-15(8-12)4-2-10-3-5-20-9-10/h2-5,7-9H,6H2,1H3,(H,16,17)/b4-2+. The van der Waals surface area contributed by atoms with Gasteiger partial charge in [0.05, 0.1) is 18.3 Å². The van der Waals surface area contributed by atoms with E-state index < -0.39 is 11.9 Å². The summed E-state index contributed by atoms with van der Waals surface area (Å²) >= 11 is 1.57. The number of carboxylic acids is 1. The highest BCUT2D eigenvalue weighted by Gasteiger charge is 2.21. The quantitative estimate of drug-likeness (QED) is 0.863. The van der Waals surface area contributed by atoms with E-state index in [1.807, 2.05) is 22.9 Å². The van der Waals surface area contributed by atoms with E-state index in [1.165, 1.54) is 13.3 Å². The number of hydrogen-bond donors (Lipinski definition) is 1. The van der Waals surface area contributed by atoms with Gasteiger partial charge in [0.1, 0.15) is 0 Å². The normalized spacial score (nSPS) is 14.9. The van der Waals surface area contributed by atoms with Crippen LogP contribution in [-0.4, -0.2) is 29.1 Å². The van der Waals surface area contributed by atoms with Gasteiger partial charge in [0, 0.05) is 25.0 Å². The average molecular weight is 291 g/mol. The molecule has 2 rings (SSSR count). The fraction of sp³-hybridized carbons (Fsp3) is 0.143. The lowest BCUT2D eigenvalue weighted by Crippen LogP contribution is -2.18. The van der Waals surface area contributed by atoms with Crippen LogP contribution in [0.5, 0.6) is 0 Å². The zero-order valence-corrected chi connectivity index (χ0v) is 11.6. The van der Waals surface area contributed by atoms with E-state index >= 15 is 0 Å². The third kappa shape index (κ3) is 3.36. The predicted octanol–water partition coefficient (Wildman–Crippen LogP) is 2.45. The molecule has 1 aromatic heterocycles. The van der Waals surface area contributed by atoms with Crippen molar-refractivity contribution in [1.82, 2.24) is 4.90 Å². The Bertz CT molecular complexity index is 599. The fourth-order valence-electron chi connectivity index (χ4n) is 1.71. The number of rotatable bonds is 4. The highest BCUT2D eigenvalue weighted by atomic mass is 32.1. The van der Waals surface area contributed by atoms with Crippen LogP contribution < -0.4 is 0 Å². The van der Waals surface area contributed by atoms with Gasteiger partial charge in [0.2, 0.25) is 0 Å². The van der Waals surface area contributed by atoms with Crippen LogP contribution in [0.1, 0.15) is 12.0 Å². The summed E-state index contributed by atoms with van der Waals surface area (Å²) in [6, 6.07) is 1.94. The van der Waals surface area contributed by atoms with Gasteiger partial charge in [-0.25, -0.2) is 9.59 Å². The molecule has 1 N–H and O–H groups in total. The van der Waals surface area contributed by atoms with Gasteiger partial charge in [0.25, 0.3) is 0 Å². The highest BCUT2D eigenvalue weighted by molar-refractivity contribution is 7.08. The lowest BCUT2D eigenvalue weighted by molar-refractivity contribution is -0.136. The van der Waals surface area contributed by atoms with E-state index in [9.17, 15) is 9.59 Å². The van der Waals surface area contributed by atoms with Crippen LogP contribution in [0.2, 0.25) is 0 Å². The summed E-state index contributed by atoms with van der Waals surface area (Å²) in [5.74, 6) is -1.57. The Morgan fingerprint density at radius 3 is 2.75 bits per heavy atom. The number of esters is 1. The first-order chi connectivity index (χ1) is 9.60. The molecule has 1 aromatic rings. The van der Waals surface area contributed by atoms with E-state index in [0.717, 1.165) is 5.56 Å². The largest absolute Gasteiger partial charge is 0.478 e. The molecule has 20 heavy (non-hydrogen) atoms. The molecule has 6 heteroatoms. The van der Waals surface area contributed by atoms with Gasteiger partial charge in [-0.15, -0.1) is 0 Å². The van der Waals surface area contributed by atoms with Crippen LogP contribution in [-0.2, 0) is 14.3 Å². The van der Waals surface area contributed by atoms with Gasteiger partial charge in [-0.2, -0.15) is 11.3 Å². The van der Waals surface area contributed by atoms with Crippen LogP contribution in [0.3, 0.4) is 0 Å². The maximum absolute atomic E-state index is 11.6. The molecule has 1 aliphatic rings.